The first kappa shape index (κ1) is 45.5. The second-order valence-electron chi connectivity index (χ2n) is 21.5. The van der Waals surface area contributed by atoms with Gasteiger partial charge in [0.15, 0.2) is 11.5 Å². The summed E-state index contributed by atoms with van der Waals surface area (Å²) in [6.45, 7) is 18.3. The van der Waals surface area contributed by atoms with Crippen LogP contribution in [0.15, 0.2) is 206 Å². The number of aromatic nitrogens is 3. The molecule has 3 heterocycles. The number of nitrogens with one attached hydrogen (secondary N) is 1. The van der Waals surface area contributed by atoms with Crippen molar-refractivity contribution in [1.29, 1.82) is 5.41 Å². The van der Waals surface area contributed by atoms with E-state index in [4.69, 9.17) is 9.97 Å². The number of fused-ring (bicyclic) bond motifs is 4. The van der Waals surface area contributed by atoms with Crippen LogP contribution in [0, 0.1) is 5.41 Å². The van der Waals surface area contributed by atoms with Gasteiger partial charge in [-0.2, -0.15) is 0 Å². The van der Waals surface area contributed by atoms with Crippen LogP contribution in [0.5, 0.6) is 0 Å². The monoisotopic (exact) mass is 923 g/mol. The van der Waals surface area contributed by atoms with Gasteiger partial charge in [0.1, 0.15) is 5.52 Å². The van der Waals surface area contributed by atoms with Crippen LogP contribution < -0.4 is 10.3 Å². The first-order valence-corrected chi connectivity index (χ1v) is 25.0. The van der Waals surface area contributed by atoms with Gasteiger partial charge in [0.2, 0.25) is 0 Å². The van der Waals surface area contributed by atoms with Gasteiger partial charge in [-0.3, -0.25) is 14.9 Å². The molecule has 1 aliphatic rings. The number of benzene rings is 8. The van der Waals surface area contributed by atoms with Gasteiger partial charge in [0.05, 0.1) is 22.3 Å². The van der Waals surface area contributed by atoms with E-state index < -0.39 is 0 Å². The van der Waals surface area contributed by atoms with Gasteiger partial charge in [-0.1, -0.05) is 219 Å². The van der Waals surface area contributed by atoms with Gasteiger partial charge >= 0.3 is 0 Å². The molecule has 5 nitrogen and oxygen atoms in total. The first-order chi connectivity index (χ1) is 34.1. The zero-order valence-electron chi connectivity index (χ0n) is 42.1. The number of hydrogen-bond acceptors (Lipinski definition) is 4. The molecule has 0 fully saturated rings. The highest BCUT2D eigenvalue weighted by Gasteiger charge is 2.33. The summed E-state index contributed by atoms with van der Waals surface area (Å²) in [6.07, 6.45) is 0.585. The van der Waals surface area contributed by atoms with E-state index in [0.29, 0.717) is 22.9 Å². The zero-order valence-corrected chi connectivity index (χ0v) is 42.1. The van der Waals surface area contributed by atoms with Crippen molar-refractivity contribution < 1.29 is 0 Å². The summed E-state index contributed by atoms with van der Waals surface area (Å²) >= 11 is 0. The molecule has 10 aromatic rings. The van der Waals surface area contributed by atoms with E-state index in [9.17, 15) is 5.41 Å². The van der Waals surface area contributed by atoms with Crippen LogP contribution in [-0.2, 0) is 28.1 Å². The fourth-order valence-corrected chi connectivity index (χ4v) is 10.9. The molecule has 1 N–H and O–H groups in total. The van der Waals surface area contributed by atoms with E-state index >= 15 is 0 Å². The SMILES string of the molecule is CC(C)(c1ccccc1)c1ccc(N2c3ccc(C(C)(C)c4ccccc4)cc3Cc3nc4c(nc32)c(=N)c2cc(C(C)(C)c3ccccc3)ccc2n4-c2ccc(C(C)(C)c3ccccc3)cc2)cc1. The molecule has 1 aliphatic heterocycles. The van der Waals surface area contributed by atoms with Crippen LogP contribution in [-0.4, -0.2) is 14.5 Å². The smallest absolute Gasteiger partial charge is 0.166 e. The van der Waals surface area contributed by atoms with E-state index in [1.807, 2.05) is 0 Å². The highest BCUT2D eigenvalue weighted by Crippen LogP contribution is 2.46. The molecule has 0 aliphatic carbocycles. The Labute approximate surface area is 418 Å². The zero-order chi connectivity index (χ0) is 49.3. The number of rotatable bonds is 10. The first-order valence-electron chi connectivity index (χ1n) is 25.0. The molecule has 0 radical (unpaired) electrons. The van der Waals surface area contributed by atoms with Gasteiger partial charge in [-0.15, -0.1) is 0 Å². The molecule has 71 heavy (non-hydrogen) atoms. The van der Waals surface area contributed by atoms with Crippen LogP contribution in [0.2, 0.25) is 0 Å². The maximum Gasteiger partial charge on any atom is 0.166 e. The molecule has 2 aromatic heterocycles. The predicted molar refractivity (Wildman–Crippen MR) is 294 cm³/mol. The maximum atomic E-state index is 10.2. The van der Waals surface area contributed by atoms with Crippen molar-refractivity contribution in [2.75, 3.05) is 4.90 Å². The van der Waals surface area contributed by atoms with Crippen molar-refractivity contribution in [2.24, 2.45) is 0 Å². The molecule has 0 spiro atoms. The molecule has 350 valence electrons. The average Bonchev–Trinajstić information content (AvgIpc) is 3.40. The van der Waals surface area contributed by atoms with Gasteiger partial charge in [0, 0.05) is 44.8 Å². The molecule has 0 bridgehead atoms. The molecule has 5 heteroatoms. The second kappa shape index (κ2) is 17.2. The lowest BCUT2D eigenvalue weighted by molar-refractivity contribution is 0.639. The lowest BCUT2D eigenvalue weighted by Gasteiger charge is -2.35. The summed E-state index contributed by atoms with van der Waals surface area (Å²) in [5.41, 5.74) is 16.0. The topological polar surface area (TPSA) is 57.8 Å². The molecule has 11 rings (SSSR count). The van der Waals surface area contributed by atoms with Crippen LogP contribution in [0.1, 0.15) is 111 Å². The van der Waals surface area contributed by atoms with Gasteiger partial charge < -0.3 is 0 Å². The molecule has 0 amide bonds. The summed E-state index contributed by atoms with van der Waals surface area (Å²) < 4.78 is 2.24. The predicted octanol–water partition coefficient (Wildman–Crippen LogP) is 15.7. The lowest BCUT2D eigenvalue weighted by atomic mass is 9.77. The Morgan fingerprint density at radius 3 is 1.28 bits per heavy atom. The number of nitrogens with zero attached hydrogens (tertiary/aromatic N) is 4. The Morgan fingerprint density at radius 1 is 0.408 bits per heavy atom. The fraction of sp³-hybridized carbons (Fsp3) is 0.197. The van der Waals surface area contributed by atoms with Crippen molar-refractivity contribution >= 4 is 39.3 Å². The Morgan fingerprint density at radius 2 is 0.803 bits per heavy atom. The Hall–Kier alpha value is -7.89. The van der Waals surface area contributed by atoms with Crippen LogP contribution in [0.3, 0.4) is 0 Å². The summed E-state index contributed by atoms with van der Waals surface area (Å²) in [7, 11) is 0. The average molecular weight is 924 g/mol. The minimum Gasteiger partial charge on any atom is -0.298 e. The third kappa shape index (κ3) is 7.76. The summed E-state index contributed by atoms with van der Waals surface area (Å²) in [4.78, 5) is 13.6. The second-order valence-corrected chi connectivity index (χ2v) is 21.5. The molecular weight excluding hydrogens is 863 g/mol. The van der Waals surface area contributed by atoms with E-state index in [-0.39, 0.29) is 21.7 Å². The van der Waals surface area contributed by atoms with Gasteiger partial charge in [-0.25, -0.2) is 9.97 Å². The Kier molecular flexibility index (Phi) is 11.0. The van der Waals surface area contributed by atoms with Crippen molar-refractivity contribution in [1.82, 2.24) is 14.5 Å². The van der Waals surface area contributed by atoms with Crippen molar-refractivity contribution in [3.8, 4) is 5.69 Å². The number of hydrogen-bond donors (Lipinski definition) is 1. The fourth-order valence-electron chi connectivity index (χ4n) is 10.9. The van der Waals surface area contributed by atoms with Crippen molar-refractivity contribution in [3.05, 3.63) is 267 Å². The normalized spacial score (nSPS) is 13.0. The number of anilines is 3. The maximum absolute atomic E-state index is 10.2. The van der Waals surface area contributed by atoms with Gasteiger partial charge in [-0.05, 0) is 92.5 Å². The number of pyridine rings is 1. The molecular formula is C66H61N5. The molecule has 0 atom stereocenters. The highest BCUT2D eigenvalue weighted by atomic mass is 15.2. The Balaban J connectivity index is 1.14. The van der Waals surface area contributed by atoms with E-state index in [2.05, 4.69) is 271 Å². The lowest BCUT2D eigenvalue weighted by Crippen LogP contribution is -2.25. The minimum atomic E-state index is -0.316. The van der Waals surface area contributed by atoms with Crippen LogP contribution >= 0.6 is 0 Å². The van der Waals surface area contributed by atoms with Crippen molar-refractivity contribution in [2.45, 2.75) is 83.5 Å². The quantitative estimate of drug-likeness (QED) is 0.139. The van der Waals surface area contributed by atoms with E-state index in [0.717, 1.165) is 45.0 Å². The highest BCUT2D eigenvalue weighted by molar-refractivity contribution is 5.94. The summed E-state index contributed by atoms with van der Waals surface area (Å²) in [6, 6.07) is 74.3. The molecule has 0 saturated carbocycles. The standard InChI is InChI=1S/C66H61N5/c1-63(2,45-21-13-9-14-22-45)49-29-35-53(36-30-49)70-57-39-33-51(65(5,6)47-25-17-11-18-26-47)41-44(57)42-56-61(70)69-60-59(67)55-43-52(66(7,8)48-27-19-12-20-28-48)34-40-58(55)71(62(60)68-56)54-37-31-50(32-38-54)64(3,4)46-23-15-10-16-24-46/h9-41,43,67H,42H2,1-8H3. The van der Waals surface area contributed by atoms with E-state index in [1.165, 1.54) is 44.5 Å². The van der Waals surface area contributed by atoms with E-state index in [1.54, 1.807) is 0 Å². The molecule has 0 saturated heterocycles. The third-order valence-corrected chi connectivity index (χ3v) is 15.9. The molecule has 8 aromatic carbocycles. The summed E-state index contributed by atoms with van der Waals surface area (Å²) in [5.74, 6) is 0.746. The summed E-state index contributed by atoms with van der Waals surface area (Å²) in [5, 5.41) is 11.3. The van der Waals surface area contributed by atoms with Gasteiger partial charge in [0.25, 0.3) is 0 Å². The molecule has 0 unspecified atom stereocenters. The minimum absolute atomic E-state index is 0.205. The van der Waals surface area contributed by atoms with Crippen LogP contribution in [0.25, 0.3) is 27.8 Å². The van der Waals surface area contributed by atoms with Crippen LogP contribution in [0.4, 0.5) is 17.2 Å². The Bertz CT molecular complexity index is 3650. The third-order valence-electron chi connectivity index (χ3n) is 15.9. The largest absolute Gasteiger partial charge is 0.298 e. The van der Waals surface area contributed by atoms with Crippen molar-refractivity contribution in [3.63, 3.8) is 0 Å².